The molecule has 0 bridgehead atoms. The molecule has 1 aliphatic carbocycles. The largest absolute Gasteiger partial charge is 0.494 e. The fourth-order valence-corrected chi connectivity index (χ4v) is 3.59. The first-order chi connectivity index (χ1) is 14.0. The number of nitrogens with zero attached hydrogens (tertiary/aromatic N) is 1. The molecule has 30 heavy (non-hydrogen) atoms. The molecule has 1 aliphatic heterocycles. The Balaban J connectivity index is 0.00000256. The highest BCUT2D eigenvalue weighted by Crippen LogP contribution is 2.33. The van der Waals surface area contributed by atoms with Crippen LogP contribution in [-0.4, -0.2) is 36.9 Å². The van der Waals surface area contributed by atoms with Crippen molar-refractivity contribution in [3.8, 4) is 5.75 Å². The van der Waals surface area contributed by atoms with Gasteiger partial charge in [0, 0.05) is 18.2 Å². The summed E-state index contributed by atoms with van der Waals surface area (Å²) >= 11 is 0. The first-order valence-electron chi connectivity index (χ1n) is 9.80. The highest BCUT2D eigenvalue weighted by atomic mass is 35.5. The smallest absolute Gasteiger partial charge is 0.266 e. The molecule has 1 saturated carbocycles. The summed E-state index contributed by atoms with van der Waals surface area (Å²) in [6.07, 6.45) is 2.13. The Hall–Kier alpha value is -2.90. The highest BCUT2D eigenvalue weighted by molar-refractivity contribution is 6.34. The Morgan fingerprint density at radius 3 is 2.40 bits per heavy atom. The number of amides is 3. The van der Waals surface area contributed by atoms with Gasteiger partial charge in [0.15, 0.2) is 0 Å². The Morgan fingerprint density at radius 2 is 1.80 bits per heavy atom. The van der Waals surface area contributed by atoms with Gasteiger partial charge in [-0.2, -0.15) is 0 Å². The van der Waals surface area contributed by atoms with Crippen LogP contribution in [0.3, 0.4) is 0 Å². The van der Waals surface area contributed by atoms with Crippen LogP contribution in [0.2, 0.25) is 0 Å². The van der Waals surface area contributed by atoms with E-state index in [9.17, 15) is 14.4 Å². The third-order valence-electron chi connectivity index (χ3n) is 5.32. The standard InChI is InChI=1S/C22H23N3O4.ClH/c1-2-29-16-8-6-15(7-9-16)25-21(27)17-10-5-14(11-18(17)22(25)28)20(26)24-19(12-23)13-3-4-13;/h5-11,13,19H,2-4,12,23H2,1H3,(H,24,26);1H. The maximum atomic E-state index is 12.9. The normalized spacial score (nSPS) is 16.0. The number of carbonyl (C=O) groups is 3. The summed E-state index contributed by atoms with van der Waals surface area (Å²) < 4.78 is 5.40. The van der Waals surface area contributed by atoms with Crippen LogP contribution in [0.4, 0.5) is 5.69 Å². The van der Waals surface area contributed by atoms with E-state index in [1.54, 1.807) is 30.3 Å². The zero-order valence-electron chi connectivity index (χ0n) is 16.6. The minimum absolute atomic E-state index is 0. The summed E-state index contributed by atoms with van der Waals surface area (Å²) in [5.74, 6) is -0.0381. The number of anilines is 1. The van der Waals surface area contributed by atoms with Crippen molar-refractivity contribution < 1.29 is 19.1 Å². The van der Waals surface area contributed by atoms with E-state index in [0.717, 1.165) is 17.7 Å². The molecule has 2 aliphatic rings. The molecule has 8 heteroatoms. The van der Waals surface area contributed by atoms with Gasteiger partial charge in [-0.25, -0.2) is 4.90 Å². The van der Waals surface area contributed by atoms with Gasteiger partial charge in [0.05, 0.1) is 23.4 Å². The van der Waals surface area contributed by atoms with Gasteiger partial charge in [-0.15, -0.1) is 12.4 Å². The van der Waals surface area contributed by atoms with Crippen LogP contribution in [0.1, 0.15) is 50.8 Å². The van der Waals surface area contributed by atoms with Crippen LogP contribution in [0.25, 0.3) is 0 Å². The van der Waals surface area contributed by atoms with E-state index in [-0.39, 0.29) is 35.5 Å². The molecule has 3 amide bonds. The minimum Gasteiger partial charge on any atom is -0.494 e. The molecule has 3 N–H and O–H groups in total. The van der Waals surface area contributed by atoms with Crippen LogP contribution in [-0.2, 0) is 0 Å². The van der Waals surface area contributed by atoms with E-state index >= 15 is 0 Å². The number of nitrogens with one attached hydrogen (secondary N) is 1. The lowest BCUT2D eigenvalue weighted by atomic mass is 10.0. The van der Waals surface area contributed by atoms with Gasteiger partial charge in [-0.1, -0.05) is 0 Å². The van der Waals surface area contributed by atoms with Crippen LogP contribution in [0, 0.1) is 5.92 Å². The van der Waals surface area contributed by atoms with Crippen LogP contribution >= 0.6 is 12.4 Å². The summed E-state index contributed by atoms with van der Waals surface area (Å²) in [7, 11) is 0. The lowest BCUT2D eigenvalue weighted by molar-refractivity contribution is 0.0920. The summed E-state index contributed by atoms with van der Waals surface area (Å²) in [4.78, 5) is 39.4. The zero-order valence-corrected chi connectivity index (χ0v) is 17.4. The van der Waals surface area contributed by atoms with Gasteiger partial charge in [0.2, 0.25) is 0 Å². The fourth-order valence-electron chi connectivity index (χ4n) is 3.59. The quantitative estimate of drug-likeness (QED) is 0.659. The average Bonchev–Trinajstić information content (AvgIpc) is 3.54. The van der Waals surface area contributed by atoms with Gasteiger partial charge in [0.1, 0.15) is 5.75 Å². The number of carbonyl (C=O) groups excluding carboxylic acids is 3. The van der Waals surface area contributed by atoms with E-state index in [1.165, 1.54) is 12.1 Å². The van der Waals surface area contributed by atoms with E-state index in [0.29, 0.717) is 36.1 Å². The second kappa shape index (κ2) is 8.85. The van der Waals surface area contributed by atoms with Crippen molar-refractivity contribution >= 4 is 35.8 Å². The number of halogens is 1. The monoisotopic (exact) mass is 429 g/mol. The number of rotatable bonds is 7. The van der Waals surface area contributed by atoms with Crippen molar-refractivity contribution in [2.24, 2.45) is 11.7 Å². The average molecular weight is 430 g/mol. The molecule has 2 aromatic rings. The van der Waals surface area contributed by atoms with Gasteiger partial charge in [-0.3, -0.25) is 14.4 Å². The lowest BCUT2D eigenvalue weighted by Crippen LogP contribution is -2.41. The predicted molar refractivity (Wildman–Crippen MR) is 115 cm³/mol. The minimum atomic E-state index is -0.443. The third-order valence-corrected chi connectivity index (χ3v) is 5.32. The van der Waals surface area contributed by atoms with Gasteiger partial charge in [0.25, 0.3) is 17.7 Å². The molecule has 1 heterocycles. The maximum Gasteiger partial charge on any atom is 0.266 e. The second-order valence-corrected chi connectivity index (χ2v) is 7.29. The summed E-state index contributed by atoms with van der Waals surface area (Å²) in [6.45, 7) is 2.79. The third kappa shape index (κ3) is 4.04. The molecular formula is C22H24ClN3O4. The first kappa shape index (κ1) is 21.8. The van der Waals surface area contributed by atoms with Gasteiger partial charge in [-0.05, 0) is 68.1 Å². The van der Waals surface area contributed by atoms with Crippen molar-refractivity contribution in [2.45, 2.75) is 25.8 Å². The predicted octanol–water partition coefficient (Wildman–Crippen LogP) is 2.77. The fraction of sp³-hybridized carbons (Fsp3) is 0.318. The molecule has 4 rings (SSSR count). The Bertz CT molecular complexity index is 973. The number of benzene rings is 2. The van der Waals surface area contributed by atoms with Crippen LogP contribution in [0.15, 0.2) is 42.5 Å². The first-order valence-corrected chi connectivity index (χ1v) is 9.80. The molecule has 0 spiro atoms. The number of fused-ring (bicyclic) bond motifs is 1. The highest BCUT2D eigenvalue weighted by Gasteiger charge is 2.37. The number of nitrogens with two attached hydrogens (primary N) is 1. The molecule has 0 aromatic heterocycles. The molecule has 7 nitrogen and oxygen atoms in total. The maximum absolute atomic E-state index is 12.9. The van der Waals surface area contributed by atoms with Crippen molar-refractivity contribution in [1.82, 2.24) is 5.32 Å². The van der Waals surface area contributed by atoms with E-state index in [1.807, 2.05) is 6.92 Å². The number of imide groups is 1. The summed E-state index contributed by atoms with van der Waals surface area (Å²) in [5, 5.41) is 2.94. The summed E-state index contributed by atoms with van der Waals surface area (Å²) in [6, 6.07) is 11.3. The Morgan fingerprint density at radius 1 is 1.13 bits per heavy atom. The van der Waals surface area contributed by atoms with E-state index in [4.69, 9.17) is 10.5 Å². The molecule has 1 unspecified atom stereocenters. The van der Waals surface area contributed by atoms with Crippen LogP contribution in [0.5, 0.6) is 5.75 Å². The van der Waals surface area contributed by atoms with Crippen molar-refractivity contribution in [3.63, 3.8) is 0 Å². The van der Waals surface area contributed by atoms with Crippen molar-refractivity contribution in [1.29, 1.82) is 0 Å². The second-order valence-electron chi connectivity index (χ2n) is 7.29. The Kier molecular flexibility index (Phi) is 6.43. The molecule has 1 atom stereocenters. The number of hydrogen-bond acceptors (Lipinski definition) is 5. The van der Waals surface area contributed by atoms with Crippen molar-refractivity contribution in [3.05, 3.63) is 59.2 Å². The number of hydrogen-bond donors (Lipinski definition) is 2. The lowest BCUT2D eigenvalue weighted by Gasteiger charge is -2.16. The molecule has 2 aromatic carbocycles. The van der Waals surface area contributed by atoms with E-state index in [2.05, 4.69) is 5.32 Å². The van der Waals surface area contributed by atoms with Gasteiger partial charge >= 0.3 is 0 Å². The van der Waals surface area contributed by atoms with Gasteiger partial charge < -0.3 is 15.8 Å². The topological polar surface area (TPSA) is 102 Å². The van der Waals surface area contributed by atoms with Crippen LogP contribution < -0.4 is 20.7 Å². The SMILES string of the molecule is CCOc1ccc(N2C(=O)c3ccc(C(=O)NC(CN)C4CC4)cc3C2=O)cc1.Cl. The molecular weight excluding hydrogens is 406 g/mol. The molecule has 1 fully saturated rings. The Labute approximate surface area is 181 Å². The van der Waals surface area contributed by atoms with E-state index < -0.39 is 11.8 Å². The number of ether oxygens (including phenoxy) is 1. The zero-order chi connectivity index (χ0) is 20.5. The summed E-state index contributed by atoms with van der Waals surface area (Å²) in [5.41, 5.74) is 7.08. The van der Waals surface area contributed by atoms with Crippen molar-refractivity contribution in [2.75, 3.05) is 18.1 Å². The molecule has 0 radical (unpaired) electrons. The molecule has 158 valence electrons. The molecule has 0 saturated heterocycles.